The van der Waals surface area contributed by atoms with Crippen LogP contribution in [-0.2, 0) is 0 Å². The summed E-state index contributed by atoms with van der Waals surface area (Å²) in [6.07, 6.45) is 9.02. The highest BCUT2D eigenvalue weighted by Gasteiger charge is 2.42. The lowest BCUT2D eigenvalue weighted by Crippen LogP contribution is -2.37. The van der Waals surface area contributed by atoms with Crippen LogP contribution in [0, 0.1) is 16.7 Å². The maximum atomic E-state index is 2.48. The topological polar surface area (TPSA) is 0 Å². The molecule has 2 heteroatoms. The third kappa shape index (κ3) is 4.10. The zero-order chi connectivity index (χ0) is 13.2. The second kappa shape index (κ2) is 5.99. The van der Waals surface area contributed by atoms with E-state index in [2.05, 4.69) is 51.2 Å². The molecule has 0 nitrogen and oxygen atoms in total. The van der Waals surface area contributed by atoms with E-state index in [9.17, 15) is 0 Å². The number of hydrogen-bond acceptors (Lipinski definition) is 2. The molecule has 0 radical (unpaired) electrons. The van der Waals surface area contributed by atoms with Gasteiger partial charge in [0.25, 0.3) is 0 Å². The summed E-state index contributed by atoms with van der Waals surface area (Å²) in [5.41, 5.74) is 1.52. The highest BCUT2D eigenvalue weighted by atomic mass is 32.2. The van der Waals surface area contributed by atoms with Crippen molar-refractivity contribution in [1.82, 2.24) is 0 Å². The van der Waals surface area contributed by atoms with Crippen molar-refractivity contribution >= 4 is 23.5 Å². The molecule has 0 aromatic rings. The van der Waals surface area contributed by atoms with Gasteiger partial charge in [0, 0.05) is 4.58 Å². The van der Waals surface area contributed by atoms with Crippen LogP contribution in [0.3, 0.4) is 0 Å². The lowest BCUT2D eigenvalue weighted by molar-refractivity contribution is 0.0164. The maximum Gasteiger partial charge on any atom is 0.0474 e. The van der Waals surface area contributed by atoms with E-state index in [1.54, 1.807) is 0 Å². The second-order valence-electron chi connectivity index (χ2n) is 7.46. The first-order valence-electron chi connectivity index (χ1n) is 7.64. The van der Waals surface area contributed by atoms with Crippen molar-refractivity contribution < 1.29 is 0 Å². The van der Waals surface area contributed by atoms with Gasteiger partial charge in [-0.15, -0.1) is 23.5 Å². The summed E-state index contributed by atoms with van der Waals surface area (Å²) in [6, 6.07) is 0. The predicted molar refractivity (Wildman–Crippen MR) is 87.5 cm³/mol. The Hall–Kier alpha value is 0.700. The number of thioether (sulfide) groups is 2. The Labute approximate surface area is 122 Å². The Morgan fingerprint density at radius 1 is 0.722 bits per heavy atom. The van der Waals surface area contributed by atoms with E-state index in [0.29, 0.717) is 0 Å². The first-order chi connectivity index (χ1) is 8.41. The van der Waals surface area contributed by atoms with Crippen molar-refractivity contribution in [2.24, 2.45) is 16.7 Å². The van der Waals surface area contributed by atoms with Gasteiger partial charge in [-0.25, -0.2) is 0 Å². The molecule has 3 saturated carbocycles. The summed E-state index contributed by atoms with van der Waals surface area (Å²) < 4.78 is 0.853. The molecule has 4 rings (SSSR count). The van der Waals surface area contributed by atoms with Crippen molar-refractivity contribution in [3.05, 3.63) is 0 Å². The van der Waals surface area contributed by atoms with Gasteiger partial charge < -0.3 is 0 Å². The van der Waals surface area contributed by atoms with E-state index >= 15 is 0 Å². The molecule has 1 aliphatic heterocycles. The molecule has 1 heterocycles. The van der Waals surface area contributed by atoms with Crippen LogP contribution in [-0.4, -0.2) is 16.1 Å². The number of fused-ring (bicyclic) bond motifs is 3. The van der Waals surface area contributed by atoms with E-state index in [4.69, 9.17) is 0 Å². The Balaban J connectivity index is 0.000000138. The molecule has 3 aliphatic carbocycles. The van der Waals surface area contributed by atoms with Gasteiger partial charge in [0.15, 0.2) is 0 Å². The zero-order valence-corrected chi connectivity index (χ0v) is 14.3. The van der Waals surface area contributed by atoms with Crippen LogP contribution in [0.4, 0.5) is 0 Å². The van der Waals surface area contributed by atoms with Crippen molar-refractivity contribution in [3.8, 4) is 0 Å². The SMILES string of the molecule is CC12CCC(C)(CC1)CC2.CC1CSC(C)SC1. The van der Waals surface area contributed by atoms with Crippen LogP contribution < -0.4 is 0 Å². The molecular formula is C16H30S2. The Bertz CT molecular complexity index is 214. The van der Waals surface area contributed by atoms with Crippen LogP contribution in [0.25, 0.3) is 0 Å². The average Bonchev–Trinajstić information content (AvgIpc) is 2.36. The summed E-state index contributed by atoms with van der Waals surface area (Å²) in [4.78, 5) is 0. The molecule has 0 aromatic carbocycles. The molecule has 18 heavy (non-hydrogen) atoms. The summed E-state index contributed by atoms with van der Waals surface area (Å²) in [6.45, 7) is 9.57. The highest BCUT2D eigenvalue weighted by Crippen LogP contribution is 2.56. The van der Waals surface area contributed by atoms with Gasteiger partial charge in [-0.2, -0.15) is 0 Å². The molecule has 0 spiro atoms. The maximum absolute atomic E-state index is 2.48. The molecule has 0 aromatic heterocycles. The second-order valence-corrected chi connectivity index (χ2v) is 10.5. The average molecular weight is 287 g/mol. The molecule has 0 amide bonds. The first kappa shape index (κ1) is 15.1. The standard InChI is InChI=1S/C10H18.C6H12S2/c1-9-3-6-10(2,7-4-9)8-5-9;1-5-3-7-6(2)8-4-5/h3-8H2,1-2H3;5-6H,3-4H2,1-2H3. The summed E-state index contributed by atoms with van der Waals surface area (Å²) in [7, 11) is 0. The molecule has 106 valence electrons. The van der Waals surface area contributed by atoms with Crippen molar-refractivity contribution in [2.45, 2.75) is 70.8 Å². The fraction of sp³-hybridized carbons (Fsp3) is 1.00. The van der Waals surface area contributed by atoms with Gasteiger partial charge in [-0.05, 0) is 73.7 Å². The Morgan fingerprint density at radius 3 is 1.33 bits per heavy atom. The Kier molecular flexibility index (Phi) is 5.03. The third-order valence-electron chi connectivity index (χ3n) is 5.23. The normalized spacial score (nSPS) is 47.3. The molecule has 0 unspecified atom stereocenters. The molecule has 4 fully saturated rings. The fourth-order valence-corrected chi connectivity index (χ4v) is 5.70. The monoisotopic (exact) mass is 286 g/mol. The molecule has 0 N–H and O–H groups in total. The highest BCUT2D eigenvalue weighted by molar-refractivity contribution is 8.17. The summed E-state index contributed by atoms with van der Waals surface area (Å²) in [5, 5.41) is 0. The summed E-state index contributed by atoms with van der Waals surface area (Å²) >= 11 is 4.18. The van der Waals surface area contributed by atoms with E-state index < -0.39 is 0 Å². The summed E-state index contributed by atoms with van der Waals surface area (Å²) in [5.74, 6) is 3.68. The molecule has 2 bridgehead atoms. The van der Waals surface area contributed by atoms with Crippen LogP contribution in [0.1, 0.15) is 66.2 Å². The molecule has 4 aliphatic rings. The van der Waals surface area contributed by atoms with Crippen LogP contribution >= 0.6 is 23.5 Å². The minimum atomic E-state index is 0.762. The lowest BCUT2D eigenvalue weighted by atomic mass is 9.55. The van der Waals surface area contributed by atoms with Crippen molar-refractivity contribution in [1.29, 1.82) is 0 Å². The quantitative estimate of drug-likeness (QED) is 0.550. The van der Waals surface area contributed by atoms with E-state index in [1.807, 2.05) is 0 Å². The minimum Gasteiger partial charge on any atom is -0.148 e. The van der Waals surface area contributed by atoms with Crippen LogP contribution in [0.15, 0.2) is 0 Å². The van der Waals surface area contributed by atoms with Crippen LogP contribution in [0.5, 0.6) is 0 Å². The van der Waals surface area contributed by atoms with Crippen LogP contribution in [0.2, 0.25) is 0 Å². The number of rotatable bonds is 0. The Morgan fingerprint density at radius 2 is 1.06 bits per heavy atom. The third-order valence-corrected chi connectivity index (χ3v) is 8.51. The van der Waals surface area contributed by atoms with Gasteiger partial charge in [0.1, 0.15) is 0 Å². The number of hydrogen-bond donors (Lipinski definition) is 0. The largest absolute Gasteiger partial charge is 0.148 e. The molecular weight excluding hydrogens is 256 g/mol. The molecule has 1 saturated heterocycles. The minimum absolute atomic E-state index is 0.762. The fourth-order valence-electron chi connectivity index (χ4n) is 3.26. The predicted octanol–water partition coefficient (Wildman–Crippen LogP) is 5.82. The first-order valence-corrected chi connectivity index (χ1v) is 9.74. The van der Waals surface area contributed by atoms with Gasteiger partial charge in [0.05, 0.1) is 0 Å². The van der Waals surface area contributed by atoms with Crippen molar-refractivity contribution in [2.75, 3.05) is 11.5 Å². The van der Waals surface area contributed by atoms with E-state index in [-0.39, 0.29) is 0 Å². The van der Waals surface area contributed by atoms with E-state index in [0.717, 1.165) is 21.3 Å². The van der Waals surface area contributed by atoms with Gasteiger partial charge >= 0.3 is 0 Å². The zero-order valence-electron chi connectivity index (χ0n) is 12.6. The van der Waals surface area contributed by atoms with Gasteiger partial charge in [-0.3, -0.25) is 0 Å². The smallest absolute Gasteiger partial charge is 0.0474 e. The molecule has 0 atom stereocenters. The van der Waals surface area contributed by atoms with Gasteiger partial charge in [-0.1, -0.05) is 20.8 Å². The van der Waals surface area contributed by atoms with Crippen molar-refractivity contribution in [3.63, 3.8) is 0 Å². The van der Waals surface area contributed by atoms with E-state index in [1.165, 1.54) is 50.0 Å². The lowest BCUT2D eigenvalue weighted by Gasteiger charge is -2.50. The van der Waals surface area contributed by atoms with Gasteiger partial charge in [0.2, 0.25) is 0 Å².